The second-order valence-electron chi connectivity index (χ2n) is 5.12. The van der Waals surface area contributed by atoms with E-state index in [9.17, 15) is 19.2 Å². The number of ether oxygens (including phenoxy) is 2. The van der Waals surface area contributed by atoms with Crippen LogP contribution < -0.4 is 5.73 Å². The van der Waals surface area contributed by atoms with E-state index in [0.717, 1.165) is 0 Å². The summed E-state index contributed by atoms with van der Waals surface area (Å²) in [6, 6.07) is 6.55. The number of halogens is 1. The highest BCUT2D eigenvalue weighted by atomic mass is 79.9. The van der Waals surface area contributed by atoms with Crippen molar-refractivity contribution < 1.29 is 28.7 Å². The molecule has 0 spiro atoms. The number of fused-ring (bicyclic) bond motifs is 1. The van der Waals surface area contributed by atoms with Crippen LogP contribution in [0.4, 0.5) is 5.69 Å². The molecule has 136 valence electrons. The SMILES string of the molecule is CCOC(=O)C(=O)c1c(N)c(Br)c2ccccc2c1C(=O)C(=O)OCC. The van der Waals surface area contributed by atoms with Crippen molar-refractivity contribution in [3.05, 3.63) is 39.9 Å². The second-order valence-corrected chi connectivity index (χ2v) is 5.92. The Kier molecular flexibility index (Phi) is 6.10. The van der Waals surface area contributed by atoms with Crippen LogP contribution in [-0.4, -0.2) is 36.7 Å². The highest BCUT2D eigenvalue weighted by molar-refractivity contribution is 9.10. The van der Waals surface area contributed by atoms with Crippen LogP contribution in [0, 0.1) is 0 Å². The van der Waals surface area contributed by atoms with Gasteiger partial charge in [0.05, 0.1) is 30.0 Å². The van der Waals surface area contributed by atoms with Crippen LogP contribution in [0.5, 0.6) is 0 Å². The monoisotopic (exact) mass is 421 g/mol. The first-order chi connectivity index (χ1) is 12.3. The third kappa shape index (κ3) is 3.45. The number of hydrogen-bond donors (Lipinski definition) is 1. The Morgan fingerprint density at radius 1 is 0.885 bits per heavy atom. The van der Waals surface area contributed by atoms with Crippen LogP contribution in [0.1, 0.15) is 34.6 Å². The van der Waals surface area contributed by atoms with Gasteiger partial charge in [-0.3, -0.25) is 9.59 Å². The average Bonchev–Trinajstić information content (AvgIpc) is 2.63. The van der Waals surface area contributed by atoms with Gasteiger partial charge in [-0.05, 0) is 40.5 Å². The van der Waals surface area contributed by atoms with Crippen molar-refractivity contribution in [2.75, 3.05) is 18.9 Å². The Balaban J connectivity index is 2.85. The molecule has 2 N–H and O–H groups in total. The number of nitrogens with two attached hydrogens (primary N) is 1. The maximum Gasteiger partial charge on any atom is 0.379 e. The van der Waals surface area contributed by atoms with E-state index in [1.807, 2.05) is 0 Å². The summed E-state index contributed by atoms with van der Waals surface area (Å²) in [4.78, 5) is 49.2. The zero-order valence-corrected chi connectivity index (χ0v) is 15.7. The molecule has 0 amide bonds. The Bertz CT molecular complexity index is 922. The fourth-order valence-corrected chi connectivity index (χ4v) is 3.03. The summed E-state index contributed by atoms with van der Waals surface area (Å²) < 4.78 is 9.81. The summed E-state index contributed by atoms with van der Waals surface area (Å²) in [6.45, 7) is 3.04. The molecule has 0 bridgehead atoms. The molecular formula is C18H16BrNO6. The third-order valence-electron chi connectivity index (χ3n) is 3.56. The lowest BCUT2D eigenvalue weighted by atomic mass is 9.92. The highest BCUT2D eigenvalue weighted by Crippen LogP contribution is 2.37. The van der Waals surface area contributed by atoms with E-state index in [-0.39, 0.29) is 30.0 Å². The molecule has 0 radical (unpaired) electrons. The lowest BCUT2D eigenvalue weighted by Crippen LogP contribution is -2.26. The van der Waals surface area contributed by atoms with Gasteiger partial charge in [-0.25, -0.2) is 9.59 Å². The van der Waals surface area contributed by atoms with Crippen LogP contribution in [0.3, 0.4) is 0 Å². The Morgan fingerprint density at radius 3 is 1.85 bits per heavy atom. The van der Waals surface area contributed by atoms with Gasteiger partial charge < -0.3 is 15.2 Å². The number of nitrogen functional groups attached to an aromatic ring is 1. The minimum atomic E-state index is -1.17. The molecule has 0 aliphatic rings. The van der Waals surface area contributed by atoms with Crippen molar-refractivity contribution in [2.45, 2.75) is 13.8 Å². The lowest BCUT2D eigenvalue weighted by molar-refractivity contribution is -0.138. The van der Waals surface area contributed by atoms with E-state index >= 15 is 0 Å². The zero-order chi connectivity index (χ0) is 19.4. The Morgan fingerprint density at radius 2 is 1.35 bits per heavy atom. The van der Waals surface area contributed by atoms with Crippen molar-refractivity contribution in [1.82, 2.24) is 0 Å². The summed E-state index contributed by atoms with van der Waals surface area (Å²) in [6.07, 6.45) is 0. The molecule has 0 saturated carbocycles. The van der Waals surface area contributed by atoms with Crippen LogP contribution in [0.25, 0.3) is 10.8 Å². The van der Waals surface area contributed by atoms with Gasteiger partial charge in [0.1, 0.15) is 0 Å². The Hall–Kier alpha value is -2.74. The molecule has 7 nitrogen and oxygen atoms in total. The normalized spacial score (nSPS) is 10.4. The Labute approximate surface area is 157 Å². The molecule has 0 aliphatic carbocycles. The van der Waals surface area contributed by atoms with Gasteiger partial charge in [-0.15, -0.1) is 0 Å². The molecule has 2 aromatic rings. The molecule has 0 heterocycles. The van der Waals surface area contributed by atoms with Crippen molar-refractivity contribution in [3.8, 4) is 0 Å². The maximum absolute atomic E-state index is 12.7. The summed E-state index contributed by atoms with van der Waals surface area (Å²) in [5.41, 5.74) is 5.22. The van der Waals surface area contributed by atoms with Crippen LogP contribution in [0.15, 0.2) is 28.7 Å². The molecule has 0 aliphatic heterocycles. The minimum Gasteiger partial charge on any atom is -0.460 e. The summed E-state index contributed by atoms with van der Waals surface area (Å²) >= 11 is 3.28. The van der Waals surface area contributed by atoms with Crippen molar-refractivity contribution in [3.63, 3.8) is 0 Å². The number of anilines is 1. The number of esters is 2. The van der Waals surface area contributed by atoms with E-state index in [4.69, 9.17) is 15.2 Å². The summed E-state index contributed by atoms with van der Waals surface area (Å²) in [5.74, 6) is -4.48. The van der Waals surface area contributed by atoms with Gasteiger partial charge in [-0.1, -0.05) is 24.3 Å². The van der Waals surface area contributed by atoms with Crippen LogP contribution in [0.2, 0.25) is 0 Å². The zero-order valence-electron chi connectivity index (χ0n) is 14.1. The molecule has 26 heavy (non-hydrogen) atoms. The minimum absolute atomic E-state index is 0.0182. The van der Waals surface area contributed by atoms with E-state index in [1.165, 1.54) is 6.92 Å². The average molecular weight is 422 g/mol. The van der Waals surface area contributed by atoms with Gasteiger partial charge in [0.25, 0.3) is 11.6 Å². The molecule has 2 rings (SSSR count). The second kappa shape index (κ2) is 8.09. The molecule has 0 aromatic heterocycles. The van der Waals surface area contributed by atoms with Gasteiger partial charge >= 0.3 is 11.9 Å². The van der Waals surface area contributed by atoms with Crippen molar-refractivity contribution >= 4 is 55.9 Å². The predicted octanol–water partition coefficient (Wildman–Crippen LogP) is 2.68. The number of ketones is 2. The van der Waals surface area contributed by atoms with Gasteiger partial charge in [0.15, 0.2) is 0 Å². The summed E-state index contributed by atoms with van der Waals surface area (Å²) in [7, 11) is 0. The third-order valence-corrected chi connectivity index (χ3v) is 4.42. The fourth-order valence-electron chi connectivity index (χ4n) is 2.49. The number of Topliss-reactive ketones (excluding diaryl/α,β-unsaturated/α-hetero) is 2. The van der Waals surface area contributed by atoms with Gasteiger partial charge in [-0.2, -0.15) is 0 Å². The first-order valence-electron chi connectivity index (χ1n) is 7.77. The van der Waals surface area contributed by atoms with Crippen LogP contribution >= 0.6 is 15.9 Å². The number of benzene rings is 2. The molecule has 2 aromatic carbocycles. The standard InChI is InChI=1S/C18H16BrNO6/c1-3-25-17(23)15(21)11-9-7-5-6-8-10(9)13(19)14(20)12(11)16(22)18(24)26-4-2/h5-8H,3-4,20H2,1-2H3. The molecule has 0 unspecified atom stereocenters. The van der Waals surface area contributed by atoms with Gasteiger partial charge in [0, 0.05) is 4.47 Å². The van der Waals surface area contributed by atoms with E-state index in [0.29, 0.717) is 15.2 Å². The molecular weight excluding hydrogens is 406 g/mol. The molecule has 0 fully saturated rings. The van der Waals surface area contributed by atoms with Crippen LogP contribution in [-0.2, 0) is 19.1 Å². The van der Waals surface area contributed by atoms with E-state index in [2.05, 4.69) is 15.9 Å². The number of hydrogen-bond acceptors (Lipinski definition) is 7. The molecule has 0 atom stereocenters. The number of carbonyl (C=O) groups is 4. The van der Waals surface area contributed by atoms with E-state index in [1.54, 1.807) is 31.2 Å². The quantitative estimate of drug-likeness (QED) is 0.330. The number of rotatable bonds is 6. The molecule has 0 saturated heterocycles. The van der Waals surface area contributed by atoms with Crippen molar-refractivity contribution in [1.29, 1.82) is 0 Å². The first-order valence-corrected chi connectivity index (χ1v) is 8.56. The van der Waals surface area contributed by atoms with Gasteiger partial charge in [0.2, 0.25) is 0 Å². The summed E-state index contributed by atoms with van der Waals surface area (Å²) in [5, 5.41) is 0.803. The first kappa shape index (κ1) is 19.6. The lowest BCUT2D eigenvalue weighted by Gasteiger charge is -2.15. The highest BCUT2D eigenvalue weighted by Gasteiger charge is 2.33. The smallest absolute Gasteiger partial charge is 0.379 e. The van der Waals surface area contributed by atoms with E-state index < -0.39 is 23.5 Å². The topological polar surface area (TPSA) is 113 Å². The predicted molar refractivity (Wildman–Crippen MR) is 98.0 cm³/mol. The largest absolute Gasteiger partial charge is 0.460 e. The maximum atomic E-state index is 12.7. The fraction of sp³-hybridized carbons (Fsp3) is 0.222. The number of carbonyl (C=O) groups excluding carboxylic acids is 4. The molecule has 8 heteroatoms. The van der Waals surface area contributed by atoms with Crippen molar-refractivity contribution in [2.24, 2.45) is 0 Å².